The second-order valence-corrected chi connectivity index (χ2v) is 4.74. The van der Waals surface area contributed by atoms with Crippen molar-refractivity contribution in [3.05, 3.63) is 29.1 Å². The molecule has 1 aromatic heterocycles. The zero-order chi connectivity index (χ0) is 10.1. The molecule has 1 nitrogen and oxygen atoms in total. The highest BCUT2D eigenvalue weighted by Crippen LogP contribution is 2.35. The van der Waals surface area contributed by atoms with Gasteiger partial charge in [-0.15, -0.1) is 0 Å². The van der Waals surface area contributed by atoms with Crippen molar-refractivity contribution in [2.75, 3.05) is 0 Å². The molecule has 0 amide bonds. The Kier molecular flexibility index (Phi) is 2.58. The van der Waals surface area contributed by atoms with Crippen molar-refractivity contribution >= 4 is 0 Å². The largest absolute Gasteiger partial charge is 0.258 e. The molecule has 0 bridgehead atoms. The smallest absolute Gasteiger partial charge is 0.0472 e. The molecule has 1 heteroatoms. The highest BCUT2D eigenvalue weighted by molar-refractivity contribution is 5.28. The SMILES string of the molecule is Cc1ccc2c(n1)[C@@H](C(C)C)CCC2. The van der Waals surface area contributed by atoms with Gasteiger partial charge in [0.1, 0.15) is 0 Å². The van der Waals surface area contributed by atoms with Crippen LogP contribution in [-0.4, -0.2) is 4.98 Å². The maximum atomic E-state index is 4.72. The minimum atomic E-state index is 0.693. The quantitative estimate of drug-likeness (QED) is 0.659. The fourth-order valence-electron chi connectivity index (χ4n) is 2.44. The normalized spacial score (nSPS) is 21.0. The first kappa shape index (κ1) is 9.70. The van der Waals surface area contributed by atoms with Crippen LogP contribution in [-0.2, 0) is 6.42 Å². The number of pyridine rings is 1. The van der Waals surface area contributed by atoms with E-state index in [-0.39, 0.29) is 0 Å². The van der Waals surface area contributed by atoms with Crippen LogP contribution in [0.15, 0.2) is 12.1 Å². The molecule has 14 heavy (non-hydrogen) atoms. The lowest BCUT2D eigenvalue weighted by Crippen LogP contribution is -2.16. The van der Waals surface area contributed by atoms with Crippen LogP contribution in [0.5, 0.6) is 0 Å². The van der Waals surface area contributed by atoms with Gasteiger partial charge in [-0.1, -0.05) is 19.9 Å². The third-order valence-electron chi connectivity index (χ3n) is 3.27. The lowest BCUT2D eigenvalue weighted by Gasteiger charge is -2.27. The van der Waals surface area contributed by atoms with Crippen LogP contribution in [0.1, 0.15) is 49.6 Å². The summed E-state index contributed by atoms with van der Waals surface area (Å²) in [5.41, 5.74) is 4.03. The Bertz CT molecular complexity index is 328. The Labute approximate surface area is 86.6 Å². The Hall–Kier alpha value is -0.850. The molecule has 0 saturated heterocycles. The predicted octanol–water partition coefficient (Wildman–Crippen LogP) is 3.47. The zero-order valence-electron chi connectivity index (χ0n) is 9.38. The van der Waals surface area contributed by atoms with Crippen molar-refractivity contribution in [1.29, 1.82) is 0 Å². The molecular weight excluding hydrogens is 170 g/mol. The van der Waals surface area contributed by atoms with E-state index in [4.69, 9.17) is 4.98 Å². The summed E-state index contributed by atoms with van der Waals surface area (Å²) < 4.78 is 0. The van der Waals surface area contributed by atoms with Crippen LogP contribution in [0.25, 0.3) is 0 Å². The average molecular weight is 189 g/mol. The van der Waals surface area contributed by atoms with Crippen molar-refractivity contribution < 1.29 is 0 Å². The molecule has 1 atom stereocenters. The molecule has 2 rings (SSSR count). The van der Waals surface area contributed by atoms with Gasteiger partial charge < -0.3 is 0 Å². The molecule has 1 heterocycles. The van der Waals surface area contributed by atoms with Crippen LogP contribution in [0.4, 0.5) is 0 Å². The Morgan fingerprint density at radius 2 is 2.14 bits per heavy atom. The summed E-state index contributed by atoms with van der Waals surface area (Å²) in [6.45, 7) is 6.71. The second-order valence-electron chi connectivity index (χ2n) is 4.74. The summed E-state index contributed by atoms with van der Waals surface area (Å²) in [5.74, 6) is 1.42. The van der Waals surface area contributed by atoms with Gasteiger partial charge in [-0.3, -0.25) is 4.98 Å². The number of aryl methyl sites for hydroxylation is 2. The second kappa shape index (κ2) is 3.72. The highest BCUT2D eigenvalue weighted by atomic mass is 14.7. The number of fused-ring (bicyclic) bond motifs is 1. The van der Waals surface area contributed by atoms with Crippen LogP contribution < -0.4 is 0 Å². The molecular formula is C13H19N. The molecule has 0 radical (unpaired) electrons. The van der Waals surface area contributed by atoms with Gasteiger partial charge in [-0.2, -0.15) is 0 Å². The molecule has 0 spiro atoms. The lowest BCUT2D eigenvalue weighted by atomic mass is 9.80. The van der Waals surface area contributed by atoms with Crippen LogP contribution in [0.3, 0.4) is 0 Å². The van der Waals surface area contributed by atoms with Gasteiger partial charge in [-0.05, 0) is 43.7 Å². The van der Waals surface area contributed by atoms with Gasteiger partial charge in [0.2, 0.25) is 0 Å². The number of rotatable bonds is 1. The van der Waals surface area contributed by atoms with Gasteiger partial charge in [-0.25, -0.2) is 0 Å². The predicted molar refractivity (Wildman–Crippen MR) is 59.5 cm³/mol. The van der Waals surface area contributed by atoms with Crippen LogP contribution in [0, 0.1) is 12.8 Å². The van der Waals surface area contributed by atoms with E-state index in [1.807, 2.05) is 0 Å². The van der Waals surface area contributed by atoms with Crippen molar-refractivity contribution in [3.8, 4) is 0 Å². The number of hydrogen-bond acceptors (Lipinski definition) is 1. The van der Waals surface area contributed by atoms with Crippen molar-refractivity contribution in [3.63, 3.8) is 0 Å². The monoisotopic (exact) mass is 189 g/mol. The minimum absolute atomic E-state index is 0.693. The third-order valence-corrected chi connectivity index (χ3v) is 3.27. The molecule has 0 aliphatic heterocycles. The summed E-state index contributed by atoms with van der Waals surface area (Å²) in [4.78, 5) is 4.72. The van der Waals surface area contributed by atoms with Crippen LogP contribution in [0.2, 0.25) is 0 Å². The fourth-order valence-corrected chi connectivity index (χ4v) is 2.44. The standard InChI is InChI=1S/C13H19N/c1-9(2)12-6-4-5-11-8-7-10(3)14-13(11)12/h7-9,12H,4-6H2,1-3H3/t12-/m1/s1. The number of nitrogens with zero attached hydrogens (tertiary/aromatic N) is 1. The number of aromatic nitrogens is 1. The fraction of sp³-hybridized carbons (Fsp3) is 0.615. The molecule has 0 N–H and O–H groups in total. The molecule has 0 fully saturated rings. The lowest BCUT2D eigenvalue weighted by molar-refractivity contribution is 0.422. The average Bonchev–Trinajstić information content (AvgIpc) is 2.16. The van der Waals surface area contributed by atoms with Crippen LogP contribution >= 0.6 is 0 Å². The molecule has 1 aromatic rings. The first-order valence-corrected chi connectivity index (χ1v) is 5.65. The van der Waals surface area contributed by atoms with Gasteiger partial charge in [0.05, 0.1) is 0 Å². The summed E-state index contributed by atoms with van der Waals surface area (Å²) in [5, 5.41) is 0. The summed E-state index contributed by atoms with van der Waals surface area (Å²) >= 11 is 0. The Balaban J connectivity index is 2.41. The zero-order valence-corrected chi connectivity index (χ0v) is 9.38. The van der Waals surface area contributed by atoms with E-state index in [1.54, 1.807) is 0 Å². The van der Waals surface area contributed by atoms with E-state index in [2.05, 4.69) is 32.9 Å². The maximum Gasteiger partial charge on any atom is 0.0472 e. The first-order chi connectivity index (χ1) is 6.68. The van der Waals surface area contributed by atoms with E-state index in [9.17, 15) is 0 Å². The molecule has 1 aliphatic carbocycles. The molecule has 0 aromatic carbocycles. The topological polar surface area (TPSA) is 12.9 Å². The Morgan fingerprint density at radius 3 is 2.86 bits per heavy atom. The Morgan fingerprint density at radius 1 is 1.36 bits per heavy atom. The highest BCUT2D eigenvalue weighted by Gasteiger charge is 2.23. The molecule has 0 saturated carbocycles. The maximum absolute atomic E-state index is 4.72. The van der Waals surface area contributed by atoms with E-state index >= 15 is 0 Å². The summed E-state index contributed by atoms with van der Waals surface area (Å²) in [6.07, 6.45) is 3.88. The van der Waals surface area contributed by atoms with E-state index in [1.165, 1.54) is 30.5 Å². The molecule has 1 aliphatic rings. The third kappa shape index (κ3) is 1.68. The van der Waals surface area contributed by atoms with E-state index in [0.29, 0.717) is 5.92 Å². The first-order valence-electron chi connectivity index (χ1n) is 5.65. The number of hydrogen-bond donors (Lipinski definition) is 0. The minimum Gasteiger partial charge on any atom is -0.258 e. The van der Waals surface area contributed by atoms with Gasteiger partial charge in [0.15, 0.2) is 0 Å². The molecule has 76 valence electrons. The van der Waals surface area contributed by atoms with Gasteiger partial charge >= 0.3 is 0 Å². The molecule has 0 unspecified atom stereocenters. The van der Waals surface area contributed by atoms with Crippen molar-refractivity contribution in [2.45, 2.75) is 46.0 Å². The summed E-state index contributed by atoms with van der Waals surface area (Å²) in [6, 6.07) is 4.41. The van der Waals surface area contributed by atoms with E-state index in [0.717, 1.165) is 11.6 Å². The van der Waals surface area contributed by atoms with E-state index < -0.39 is 0 Å². The van der Waals surface area contributed by atoms with Crippen molar-refractivity contribution in [1.82, 2.24) is 4.98 Å². The van der Waals surface area contributed by atoms with Gasteiger partial charge in [0.25, 0.3) is 0 Å². The van der Waals surface area contributed by atoms with Crippen molar-refractivity contribution in [2.24, 2.45) is 5.92 Å². The van der Waals surface area contributed by atoms with Gasteiger partial charge in [0, 0.05) is 17.3 Å². The summed E-state index contributed by atoms with van der Waals surface area (Å²) in [7, 11) is 0.